The molecule has 3 heterocycles. The number of likely N-dealkylation sites (tertiary alicyclic amines) is 1. The van der Waals surface area contributed by atoms with E-state index in [1.807, 2.05) is 12.1 Å². The summed E-state index contributed by atoms with van der Waals surface area (Å²) < 4.78 is 31.0. The van der Waals surface area contributed by atoms with Crippen LogP contribution in [0, 0.1) is 0 Å². The average molecular weight is 504 g/mol. The molecule has 184 valence electrons. The minimum Gasteiger partial charge on any atom is -0.546 e. The predicted molar refractivity (Wildman–Crippen MR) is 138 cm³/mol. The van der Waals surface area contributed by atoms with Crippen LogP contribution in [0.3, 0.4) is 0 Å². The number of benzene rings is 1. The standard InChI is InChI=1S/C24H33N5O3S2/c30-34-27-23(24(28-34)26-10-15-33-19-21-8-14-31-18-21)25-9-5-13-32-22-7-4-6-20(16-22)17-29-11-2-1-3-12-29/h4,6-8,14,16,18H,1-3,5,9-13,15,17,19H2,(H,25,27)(H,26,28). The van der Waals surface area contributed by atoms with E-state index in [1.165, 1.54) is 43.5 Å². The lowest BCUT2D eigenvalue weighted by atomic mass is 10.1. The van der Waals surface area contributed by atoms with Crippen molar-refractivity contribution < 1.29 is 13.7 Å². The monoisotopic (exact) mass is 503 g/mol. The summed E-state index contributed by atoms with van der Waals surface area (Å²) in [7, 11) is 0. The molecule has 1 aromatic carbocycles. The van der Waals surface area contributed by atoms with Crippen LogP contribution in [-0.2, 0) is 12.3 Å². The third-order valence-corrected chi connectivity index (χ3v) is 7.29. The van der Waals surface area contributed by atoms with Gasteiger partial charge in [-0.2, -0.15) is 11.8 Å². The smallest absolute Gasteiger partial charge is 0.232 e. The zero-order valence-corrected chi connectivity index (χ0v) is 21.0. The minimum absolute atomic E-state index is 0.557. The molecule has 2 N–H and O–H groups in total. The summed E-state index contributed by atoms with van der Waals surface area (Å²) in [5, 5.41) is 6.47. The molecule has 0 radical (unpaired) electrons. The zero-order valence-electron chi connectivity index (χ0n) is 19.4. The van der Waals surface area contributed by atoms with Crippen molar-refractivity contribution in [2.75, 3.05) is 49.2 Å². The van der Waals surface area contributed by atoms with Gasteiger partial charge in [-0.3, -0.25) is 4.90 Å². The molecule has 4 rings (SSSR count). The average Bonchev–Trinajstić information content (AvgIpc) is 3.49. The van der Waals surface area contributed by atoms with E-state index in [0.717, 1.165) is 36.8 Å². The Kier molecular flexibility index (Phi) is 9.92. The van der Waals surface area contributed by atoms with Crippen molar-refractivity contribution in [2.24, 2.45) is 0 Å². The van der Waals surface area contributed by atoms with Crippen molar-refractivity contribution in [2.45, 2.75) is 38.0 Å². The predicted octanol–water partition coefficient (Wildman–Crippen LogP) is 5.01. The molecule has 0 amide bonds. The number of nitrogens with zero attached hydrogens (tertiary/aromatic N) is 3. The van der Waals surface area contributed by atoms with E-state index in [2.05, 4.69) is 42.5 Å². The van der Waals surface area contributed by atoms with Crippen LogP contribution in [0.4, 0.5) is 11.6 Å². The summed E-state index contributed by atoms with van der Waals surface area (Å²) in [6, 6.07) is 10.4. The Balaban J connectivity index is 1.13. The Morgan fingerprint density at radius 1 is 1.06 bits per heavy atom. The number of thioether (sulfide) groups is 1. The minimum atomic E-state index is -1.56. The molecule has 8 nitrogen and oxygen atoms in total. The van der Waals surface area contributed by atoms with Gasteiger partial charge in [-0.1, -0.05) is 18.6 Å². The van der Waals surface area contributed by atoms with Crippen LogP contribution in [0.25, 0.3) is 0 Å². The molecule has 1 atom stereocenters. The van der Waals surface area contributed by atoms with Gasteiger partial charge in [0.2, 0.25) is 11.6 Å². The van der Waals surface area contributed by atoms with Crippen molar-refractivity contribution >= 4 is 34.5 Å². The molecule has 1 aliphatic heterocycles. The third-order valence-electron chi connectivity index (χ3n) is 5.59. The van der Waals surface area contributed by atoms with Gasteiger partial charge in [0, 0.05) is 45.5 Å². The number of hydrogen-bond donors (Lipinski definition) is 2. The molecule has 0 bridgehead atoms. The largest absolute Gasteiger partial charge is 0.546 e. The quantitative estimate of drug-likeness (QED) is 0.232. The molecule has 1 unspecified atom stereocenters. The SMILES string of the molecule is [O-][s+]1nc(NCCCOc2cccc(CN3CCCCC3)c2)c(NCCSCc2ccoc2)n1. The number of ether oxygens (including phenoxy) is 1. The summed E-state index contributed by atoms with van der Waals surface area (Å²) in [6.07, 6.45) is 8.20. The number of furan rings is 1. The Labute approximate surface area is 208 Å². The van der Waals surface area contributed by atoms with E-state index in [0.29, 0.717) is 24.8 Å². The second-order valence-electron chi connectivity index (χ2n) is 8.33. The molecule has 0 aliphatic carbocycles. The maximum Gasteiger partial charge on any atom is 0.232 e. The number of anilines is 2. The molecule has 1 saturated heterocycles. The van der Waals surface area contributed by atoms with Crippen molar-refractivity contribution in [3.8, 4) is 5.75 Å². The van der Waals surface area contributed by atoms with Crippen LogP contribution in [0.5, 0.6) is 5.75 Å². The van der Waals surface area contributed by atoms with Crippen LogP contribution in [0.15, 0.2) is 47.3 Å². The first-order valence-corrected chi connectivity index (χ1v) is 14.1. The highest BCUT2D eigenvalue weighted by Crippen LogP contribution is 2.23. The third kappa shape index (κ3) is 8.19. The maximum atomic E-state index is 11.8. The first kappa shape index (κ1) is 24.8. The zero-order chi connectivity index (χ0) is 23.4. The van der Waals surface area contributed by atoms with Gasteiger partial charge in [0.1, 0.15) is 5.75 Å². The van der Waals surface area contributed by atoms with Gasteiger partial charge in [-0.15, -0.1) is 0 Å². The highest BCUT2D eigenvalue weighted by atomic mass is 32.2. The number of hydrogen-bond acceptors (Lipinski definition) is 9. The van der Waals surface area contributed by atoms with Crippen molar-refractivity contribution in [3.05, 3.63) is 54.0 Å². The molecule has 34 heavy (non-hydrogen) atoms. The topological polar surface area (TPSA) is 98.5 Å². The van der Waals surface area contributed by atoms with Crippen molar-refractivity contribution in [1.29, 1.82) is 0 Å². The summed E-state index contributed by atoms with van der Waals surface area (Å²) in [4.78, 5) is 2.52. The van der Waals surface area contributed by atoms with Gasteiger partial charge in [0.15, 0.2) is 11.1 Å². The Morgan fingerprint density at radius 2 is 1.88 bits per heavy atom. The van der Waals surface area contributed by atoms with E-state index in [4.69, 9.17) is 9.15 Å². The second-order valence-corrected chi connectivity index (χ2v) is 10.3. The van der Waals surface area contributed by atoms with E-state index in [9.17, 15) is 4.55 Å². The highest BCUT2D eigenvalue weighted by Gasteiger charge is 2.15. The van der Waals surface area contributed by atoms with Gasteiger partial charge in [0.05, 0.1) is 19.1 Å². The van der Waals surface area contributed by atoms with E-state index in [-0.39, 0.29) is 0 Å². The van der Waals surface area contributed by atoms with Gasteiger partial charge in [0.25, 0.3) is 0 Å². The van der Waals surface area contributed by atoms with Gasteiger partial charge in [-0.25, -0.2) is 0 Å². The molecule has 1 aliphatic rings. The fourth-order valence-corrected chi connectivity index (χ4v) is 5.33. The molecule has 1 fully saturated rings. The van der Waals surface area contributed by atoms with Crippen LogP contribution in [-0.4, -0.2) is 56.7 Å². The van der Waals surface area contributed by atoms with Crippen LogP contribution in [0.2, 0.25) is 0 Å². The summed E-state index contributed by atoms with van der Waals surface area (Å²) >= 11 is 0.235. The lowest BCUT2D eigenvalue weighted by Gasteiger charge is -2.26. The molecular weight excluding hydrogens is 470 g/mol. The Bertz CT molecular complexity index is 977. The summed E-state index contributed by atoms with van der Waals surface area (Å²) in [6.45, 7) is 5.36. The number of aromatic nitrogens is 2. The first-order chi connectivity index (χ1) is 16.8. The molecule has 0 spiro atoms. The van der Waals surface area contributed by atoms with E-state index in [1.54, 1.807) is 24.3 Å². The Morgan fingerprint density at radius 3 is 2.68 bits per heavy atom. The Hall–Kier alpha value is -2.27. The fourth-order valence-electron chi connectivity index (χ4n) is 3.88. The lowest BCUT2D eigenvalue weighted by molar-refractivity contribution is 0.220. The van der Waals surface area contributed by atoms with Gasteiger partial charge in [-0.05, 0) is 56.1 Å². The van der Waals surface area contributed by atoms with Gasteiger partial charge >= 0.3 is 0 Å². The lowest BCUT2D eigenvalue weighted by Crippen LogP contribution is -2.29. The second kappa shape index (κ2) is 13.6. The molecular formula is C24H33N5O3S2. The first-order valence-electron chi connectivity index (χ1n) is 11.9. The van der Waals surface area contributed by atoms with Crippen LogP contribution in [0.1, 0.15) is 36.8 Å². The number of rotatable bonds is 14. The number of piperidine rings is 1. The van der Waals surface area contributed by atoms with Crippen molar-refractivity contribution in [3.63, 3.8) is 0 Å². The van der Waals surface area contributed by atoms with E-state index >= 15 is 0 Å². The maximum absolute atomic E-state index is 11.8. The molecule has 10 heteroatoms. The van der Waals surface area contributed by atoms with E-state index < -0.39 is 11.1 Å². The van der Waals surface area contributed by atoms with Crippen molar-refractivity contribution in [1.82, 2.24) is 13.6 Å². The van der Waals surface area contributed by atoms with Crippen LogP contribution >= 0.6 is 22.9 Å². The normalized spacial score (nSPS) is 14.8. The van der Waals surface area contributed by atoms with Crippen LogP contribution < -0.4 is 15.4 Å². The van der Waals surface area contributed by atoms with Gasteiger partial charge < -0.3 is 24.3 Å². The molecule has 0 saturated carbocycles. The highest BCUT2D eigenvalue weighted by molar-refractivity contribution is 7.98. The fraction of sp³-hybridized carbons (Fsp3) is 0.500. The summed E-state index contributed by atoms with van der Waals surface area (Å²) in [5.41, 5.74) is 2.47. The summed E-state index contributed by atoms with van der Waals surface area (Å²) in [5.74, 6) is 3.83. The molecule has 3 aromatic rings. The molecule has 2 aromatic heterocycles. The number of nitrogens with one attached hydrogen (secondary N) is 2.